The fraction of sp³-hybridized carbons (Fsp3) is 0.125. The molecule has 0 aliphatic carbocycles. The molecule has 29 heavy (non-hydrogen) atoms. The summed E-state index contributed by atoms with van der Waals surface area (Å²) in [7, 11) is 0. The molecule has 0 spiro atoms. The van der Waals surface area contributed by atoms with Crippen LogP contribution >= 0.6 is 11.6 Å². The molecule has 0 N–H and O–H groups in total. The van der Waals surface area contributed by atoms with Gasteiger partial charge in [0.25, 0.3) is 0 Å². The summed E-state index contributed by atoms with van der Waals surface area (Å²) in [6.45, 7) is 2.60. The molecule has 0 fully saturated rings. The van der Waals surface area contributed by atoms with Gasteiger partial charge in [0.15, 0.2) is 0 Å². The summed E-state index contributed by atoms with van der Waals surface area (Å²) in [4.78, 5) is 11.4. The van der Waals surface area contributed by atoms with E-state index in [1.54, 1.807) is 31.2 Å². The molecule has 0 unspecified atom stereocenters. The van der Waals surface area contributed by atoms with Crippen LogP contribution < -0.4 is 9.47 Å². The zero-order valence-corrected chi connectivity index (χ0v) is 16.8. The Kier molecular flexibility index (Phi) is 7.31. The van der Waals surface area contributed by atoms with Crippen LogP contribution in [0.3, 0.4) is 0 Å². The maximum absolute atomic E-state index is 11.4. The maximum atomic E-state index is 11.4. The monoisotopic (exact) mass is 408 g/mol. The van der Waals surface area contributed by atoms with Crippen LogP contribution in [0, 0.1) is 0 Å². The van der Waals surface area contributed by atoms with Crippen LogP contribution in [0.5, 0.6) is 17.2 Å². The Bertz CT molecular complexity index is 966. The highest BCUT2D eigenvalue weighted by atomic mass is 35.5. The first-order chi connectivity index (χ1) is 14.1. The first kappa shape index (κ1) is 20.5. The summed E-state index contributed by atoms with van der Waals surface area (Å²) >= 11 is 6.28. The summed E-state index contributed by atoms with van der Waals surface area (Å²) in [6.07, 6.45) is 2.96. The van der Waals surface area contributed by atoms with Gasteiger partial charge in [0.1, 0.15) is 23.9 Å². The summed E-state index contributed by atoms with van der Waals surface area (Å²) in [5, 5.41) is 0.478. The number of hydrogen-bond acceptors (Lipinski definition) is 4. The molecule has 3 aromatic carbocycles. The predicted molar refractivity (Wildman–Crippen MR) is 114 cm³/mol. The van der Waals surface area contributed by atoms with Gasteiger partial charge in [-0.15, -0.1) is 0 Å². The first-order valence-corrected chi connectivity index (χ1v) is 9.61. The van der Waals surface area contributed by atoms with E-state index in [9.17, 15) is 4.79 Å². The van der Waals surface area contributed by atoms with E-state index in [2.05, 4.69) is 0 Å². The van der Waals surface area contributed by atoms with Crippen LogP contribution in [-0.2, 0) is 16.1 Å². The number of esters is 1. The molecule has 0 radical (unpaired) electrons. The molecule has 0 aromatic heterocycles. The maximum Gasteiger partial charge on any atom is 0.330 e. The summed E-state index contributed by atoms with van der Waals surface area (Å²) in [6, 6.07) is 22.6. The first-order valence-electron chi connectivity index (χ1n) is 9.23. The molecule has 3 aromatic rings. The third-order valence-corrected chi connectivity index (χ3v) is 4.29. The number of ether oxygens (including phenoxy) is 3. The standard InChI is InChI=1S/C24H21ClO4/c1-2-27-24(26)15-9-19-8-10-22(16-23(19)25)29-21-13-11-20(12-14-21)28-17-18-6-4-3-5-7-18/h3-16H,2,17H2,1H3/b15-9+. The number of rotatable bonds is 8. The van der Waals surface area contributed by atoms with Gasteiger partial charge in [-0.3, -0.25) is 0 Å². The van der Waals surface area contributed by atoms with E-state index >= 15 is 0 Å². The molecule has 0 heterocycles. The molecular formula is C24H21ClO4. The number of halogens is 1. The largest absolute Gasteiger partial charge is 0.489 e. The Morgan fingerprint density at radius 3 is 2.31 bits per heavy atom. The zero-order valence-electron chi connectivity index (χ0n) is 16.0. The lowest BCUT2D eigenvalue weighted by molar-refractivity contribution is -0.137. The predicted octanol–water partition coefficient (Wildman–Crippen LogP) is 6.29. The normalized spacial score (nSPS) is 10.7. The Balaban J connectivity index is 1.58. The molecule has 0 amide bonds. The molecule has 0 bridgehead atoms. The van der Waals surface area contributed by atoms with Crippen molar-refractivity contribution in [3.05, 3.63) is 95.0 Å². The van der Waals surface area contributed by atoms with Crippen molar-refractivity contribution < 1.29 is 19.0 Å². The van der Waals surface area contributed by atoms with Gasteiger partial charge in [0.2, 0.25) is 0 Å². The SMILES string of the molecule is CCOC(=O)/C=C/c1ccc(Oc2ccc(OCc3ccccc3)cc2)cc1Cl. The second-order valence-electron chi connectivity index (χ2n) is 6.12. The minimum atomic E-state index is -0.404. The molecule has 5 heteroatoms. The lowest BCUT2D eigenvalue weighted by atomic mass is 10.2. The molecular weight excluding hydrogens is 388 g/mol. The Morgan fingerprint density at radius 1 is 0.931 bits per heavy atom. The van der Waals surface area contributed by atoms with E-state index in [0.29, 0.717) is 35.3 Å². The lowest BCUT2D eigenvalue weighted by Crippen LogP contribution is -1.98. The average Bonchev–Trinajstić information content (AvgIpc) is 2.74. The molecule has 3 rings (SSSR count). The summed E-state index contributed by atoms with van der Waals surface area (Å²) in [5.41, 5.74) is 1.82. The van der Waals surface area contributed by atoms with E-state index in [-0.39, 0.29) is 0 Å². The van der Waals surface area contributed by atoms with Gasteiger partial charge < -0.3 is 14.2 Å². The molecule has 0 atom stereocenters. The lowest BCUT2D eigenvalue weighted by Gasteiger charge is -2.09. The second kappa shape index (κ2) is 10.3. The van der Waals surface area contributed by atoms with E-state index < -0.39 is 5.97 Å². The topological polar surface area (TPSA) is 44.8 Å². The van der Waals surface area contributed by atoms with Crippen molar-refractivity contribution in [2.24, 2.45) is 0 Å². The smallest absolute Gasteiger partial charge is 0.330 e. The van der Waals surface area contributed by atoms with Crippen LogP contribution in [0.15, 0.2) is 78.9 Å². The van der Waals surface area contributed by atoms with Gasteiger partial charge in [-0.25, -0.2) is 4.79 Å². The number of carbonyl (C=O) groups is 1. The summed E-state index contributed by atoms with van der Waals surface area (Å²) in [5.74, 6) is 1.63. The number of carbonyl (C=O) groups excluding carboxylic acids is 1. The second-order valence-corrected chi connectivity index (χ2v) is 6.52. The molecule has 0 aliphatic heterocycles. The Hall–Kier alpha value is -3.24. The fourth-order valence-electron chi connectivity index (χ4n) is 2.54. The van der Waals surface area contributed by atoms with Crippen LogP contribution in [0.1, 0.15) is 18.1 Å². The molecule has 4 nitrogen and oxygen atoms in total. The van der Waals surface area contributed by atoms with Crippen LogP contribution in [0.2, 0.25) is 5.02 Å². The zero-order chi connectivity index (χ0) is 20.5. The molecule has 0 saturated carbocycles. The van der Waals surface area contributed by atoms with Crippen molar-refractivity contribution >= 4 is 23.6 Å². The quantitative estimate of drug-likeness (QED) is 0.324. The fourth-order valence-corrected chi connectivity index (χ4v) is 2.77. The van der Waals surface area contributed by atoms with Crippen molar-refractivity contribution in [1.29, 1.82) is 0 Å². The van der Waals surface area contributed by atoms with Gasteiger partial charge >= 0.3 is 5.97 Å². The van der Waals surface area contributed by atoms with Gasteiger partial charge in [-0.2, -0.15) is 0 Å². The van der Waals surface area contributed by atoms with E-state index in [1.807, 2.05) is 54.6 Å². The Morgan fingerprint density at radius 2 is 1.62 bits per heavy atom. The average molecular weight is 409 g/mol. The van der Waals surface area contributed by atoms with Gasteiger partial charge in [0, 0.05) is 6.08 Å². The highest BCUT2D eigenvalue weighted by Gasteiger charge is 2.04. The highest BCUT2D eigenvalue weighted by Crippen LogP contribution is 2.28. The van der Waals surface area contributed by atoms with Crippen LogP contribution in [0.25, 0.3) is 6.08 Å². The van der Waals surface area contributed by atoms with E-state index in [0.717, 1.165) is 11.3 Å². The van der Waals surface area contributed by atoms with Crippen LogP contribution in [0.4, 0.5) is 0 Å². The van der Waals surface area contributed by atoms with E-state index in [1.165, 1.54) is 6.08 Å². The van der Waals surface area contributed by atoms with Crippen molar-refractivity contribution in [2.45, 2.75) is 13.5 Å². The third kappa shape index (κ3) is 6.40. The van der Waals surface area contributed by atoms with Gasteiger partial charge in [-0.05, 0) is 66.6 Å². The van der Waals surface area contributed by atoms with Crippen molar-refractivity contribution in [2.75, 3.05) is 6.61 Å². The van der Waals surface area contributed by atoms with E-state index in [4.69, 9.17) is 25.8 Å². The number of hydrogen-bond donors (Lipinski definition) is 0. The Labute approximate surface area is 175 Å². The minimum Gasteiger partial charge on any atom is -0.489 e. The van der Waals surface area contributed by atoms with Crippen molar-refractivity contribution in [3.8, 4) is 17.2 Å². The number of benzene rings is 3. The highest BCUT2D eigenvalue weighted by molar-refractivity contribution is 6.32. The van der Waals surface area contributed by atoms with Gasteiger partial charge in [0.05, 0.1) is 11.6 Å². The molecule has 0 saturated heterocycles. The van der Waals surface area contributed by atoms with Crippen molar-refractivity contribution in [1.82, 2.24) is 0 Å². The minimum absolute atomic E-state index is 0.333. The summed E-state index contributed by atoms with van der Waals surface area (Å²) < 4.78 is 16.5. The third-order valence-electron chi connectivity index (χ3n) is 3.97. The van der Waals surface area contributed by atoms with Gasteiger partial charge in [-0.1, -0.05) is 41.9 Å². The van der Waals surface area contributed by atoms with Crippen LogP contribution in [-0.4, -0.2) is 12.6 Å². The molecule has 0 aliphatic rings. The molecule has 148 valence electrons. The van der Waals surface area contributed by atoms with Crippen molar-refractivity contribution in [3.63, 3.8) is 0 Å².